The van der Waals surface area contributed by atoms with Crippen molar-refractivity contribution in [3.8, 4) is 11.8 Å². The summed E-state index contributed by atoms with van der Waals surface area (Å²) in [7, 11) is 0. The Balaban J connectivity index is 3.75. The van der Waals surface area contributed by atoms with Crippen molar-refractivity contribution in [2.24, 2.45) is 5.92 Å². The van der Waals surface area contributed by atoms with Gasteiger partial charge in [0.1, 0.15) is 0 Å². The zero-order valence-electron chi connectivity index (χ0n) is 16.2. The molecule has 0 aliphatic rings. The molecule has 0 saturated heterocycles. The molecule has 0 aromatic heterocycles. The second-order valence-corrected chi connectivity index (χ2v) is 6.34. The molecule has 0 aromatic rings. The number of hydrogen-bond donors (Lipinski definition) is 2. The number of aliphatic carboxylic acids is 1. The van der Waals surface area contributed by atoms with Gasteiger partial charge in [-0.2, -0.15) is 0 Å². The van der Waals surface area contributed by atoms with E-state index in [-0.39, 0.29) is 6.42 Å². The third-order valence-corrected chi connectivity index (χ3v) is 3.70. The van der Waals surface area contributed by atoms with Gasteiger partial charge in [-0.25, -0.2) is 0 Å². The molecule has 0 amide bonds. The Hall–Kier alpha value is -2.05. The van der Waals surface area contributed by atoms with Crippen LogP contribution in [0.1, 0.15) is 65.2 Å². The molecule has 0 fully saturated rings. The van der Waals surface area contributed by atoms with Crippen LogP contribution in [-0.4, -0.2) is 22.3 Å². The number of carbonyl (C=O) groups is 1. The lowest BCUT2D eigenvalue weighted by Gasteiger charge is -2.05. The Labute approximate surface area is 159 Å². The maximum absolute atomic E-state index is 10.3. The minimum absolute atomic E-state index is 0.116. The van der Waals surface area contributed by atoms with E-state index >= 15 is 0 Å². The maximum atomic E-state index is 10.3. The lowest BCUT2D eigenvalue weighted by molar-refractivity contribution is -0.136. The molecule has 2 unspecified atom stereocenters. The van der Waals surface area contributed by atoms with Crippen LogP contribution in [-0.2, 0) is 4.79 Å². The van der Waals surface area contributed by atoms with E-state index < -0.39 is 12.1 Å². The number of rotatable bonds is 13. The molecule has 144 valence electrons. The molecule has 0 aliphatic carbocycles. The molecule has 2 atom stereocenters. The third-order valence-electron chi connectivity index (χ3n) is 3.70. The summed E-state index contributed by atoms with van der Waals surface area (Å²) in [4.78, 5) is 10.3. The number of carboxylic acid groups (broad SMARTS) is 1. The maximum Gasteiger partial charge on any atom is 0.304 e. The van der Waals surface area contributed by atoms with Crippen molar-refractivity contribution in [2.75, 3.05) is 0 Å². The van der Waals surface area contributed by atoms with Crippen molar-refractivity contribution >= 4 is 5.97 Å². The Kier molecular flexibility index (Phi) is 16.4. The van der Waals surface area contributed by atoms with Crippen LogP contribution in [0.3, 0.4) is 0 Å². The van der Waals surface area contributed by atoms with Gasteiger partial charge < -0.3 is 10.2 Å². The summed E-state index contributed by atoms with van der Waals surface area (Å²) in [6.45, 7) is 4.31. The number of carboxylic acids is 1. The molecule has 0 aliphatic heterocycles. The van der Waals surface area contributed by atoms with E-state index in [0.29, 0.717) is 25.2 Å². The van der Waals surface area contributed by atoms with E-state index in [1.54, 1.807) is 0 Å². The van der Waals surface area contributed by atoms with E-state index in [1.165, 1.54) is 0 Å². The van der Waals surface area contributed by atoms with Crippen LogP contribution in [0.25, 0.3) is 0 Å². The molecule has 0 spiro atoms. The first-order valence-corrected chi connectivity index (χ1v) is 9.55. The van der Waals surface area contributed by atoms with Crippen LogP contribution in [0.4, 0.5) is 0 Å². The number of aliphatic hydroxyl groups excluding tert-OH is 1. The number of aliphatic hydroxyl groups is 1. The highest BCUT2D eigenvalue weighted by atomic mass is 16.4. The van der Waals surface area contributed by atoms with E-state index in [0.717, 1.165) is 25.7 Å². The fourth-order valence-corrected chi connectivity index (χ4v) is 2.15. The van der Waals surface area contributed by atoms with E-state index in [2.05, 4.69) is 50.0 Å². The van der Waals surface area contributed by atoms with Crippen molar-refractivity contribution in [2.45, 2.75) is 71.3 Å². The summed E-state index contributed by atoms with van der Waals surface area (Å²) in [5.74, 6) is 5.64. The second kappa shape index (κ2) is 17.8. The largest absolute Gasteiger partial charge is 0.481 e. The van der Waals surface area contributed by atoms with E-state index in [1.807, 2.05) is 24.3 Å². The lowest BCUT2D eigenvalue weighted by atomic mass is 10.0. The average molecular weight is 359 g/mol. The molecule has 0 bridgehead atoms. The van der Waals surface area contributed by atoms with Gasteiger partial charge in [0.25, 0.3) is 0 Å². The molecule has 3 heteroatoms. The average Bonchev–Trinajstić information content (AvgIpc) is 2.60. The van der Waals surface area contributed by atoms with Crippen molar-refractivity contribution < 1.29 is 15.0 Å². The summed E-state index contributed by atoms with van der Waals surface area (Å²) in [6, 6.07) is 0. The summed E-state index contributed by atoms with van der Waals surface area (Å²) in [5, 5.41) is 18.2. The molecule has 3 nitrogen and oxygen atoms in total. The molecule has 0 rings (SSSR count). The van der Waals surface area contributed by atoms with Gasteiger partial charge in [-0.3, -0.25) is 4.79 Å². The Bertz CT molecular complexity index is 529. The van der Waals surface area contributed by atoms with Crippen LogP contribution >= 0.6 is 0 Å². The summed E-state index contributed by atoms with van der Waals surface area (Å²) >= 11 is 0. The van der Waals surface area contributed by atoms with Crippen LogP contribution < -0.4 is 0 Å². The van der Waals surface area contributed by atoms with Crippen LogP contribution in [0, 0.1) is 17.8 Å². The highest BCUT2D eigenvalue weighted by Crippen LogP contribution is 2.11. The van der Waals surface area contributed by atoms with Gasteiger partial charge in [0.15, 0.2) is 0 Å². The predicted octanol–water partition coefficient (Wildman–Crippen LogP) is 5.44. The quantitative estimate of drug-likeness (QED) is 0.262. The smallest absolute Gasteiger partial charge is 0.304 e. The topological polar surface area (TPSA) is 57.5 Å². The number of allylic oxidation sites excluding steroid dienone is 6. The minimum atomic E-state index is -0.798. The van der Waals surface area contributed by atoms with Crippen molar-refractivity contribution in [1.82, 2.24) is 0 Å². The fourth-order valence-electron chi connectivity index (χ4n) is 2.15. The van der Waals surface area contributed by atoms with Gasteiger partial charge in [0, 0.05) is 12.8 Å². The lowest BCUT2D eigenvalue weighted by Crippen LogP contribution is -1.98. The van der Waals surface area contributed by atoms with Crippen LogP contribution in [0.5, 0.6) is 0 Å². The summed E-state index contributed by atoms with van der Waals surface area (Å²) in [5.41, 5.74) is 0. The first kappa shape index (κ1) is 23.9. The molecule has 0 aromatic carbocycles. The zero-order valence-corrected chi connectivity index (χ0v) is 16.2. The van der Waals surface area contributed by atoms with E-state index in [9.17, 15) is 9.90 Å². The Morgan fingerprint density at radius 2 is 1.81 bits per heavy atom. The standard InChI is InChI=1S/C23H34O3/c1-3-4-11-18-22(24)19-14-10-9-13-17-21(2)16-12-7-5-6-8-15-20-23(25)26/h4,7,9-12,14,19,21-22,24H,3,5,13,15-18,20H2,1-2H3,(H,25,26)/b10-9-,11-4-,12-7-,19-14+. The van der Waals surface area contributed by atoms with Gasteiger partial charge in [0.2, 0.25) is 0 Å². The molecule has 0 saturated carbocycles. The first-order valence-electron chi connectivity index (χ1n) is 9.55. The monoisotopic (exact) mass is 358 g/mol. The second-order valence-electron chi connectivity index (χ2n) is 6.34. The van der Waals surface area contributed by atoms with Crippen LogP contribution in [0.15, 0.2) is 48.6 Å². The summed E-state index contributed by atoms with van der Waals surface area (Å²) in [6.07, 6.45) is 21.8. The normalized spacial score (nSPS) is 14.3. The van der Waals surface area contributed by atoms with Gasteiger partial charge in [-0.15, -0.1) is 5.92 Å². The molecular weight excluding hydrogens is 324 g/mol. The van der Waals surface area contributed by atoms with Gasteiger partial charge in [-0.1, -0.05) is 68.4 Å². The minimum Gasteiger partial charge on any atom is -0.481 e. The van der Waals surface area contributed by atoms with Crippen LogP contribution in [0.2, 0.25) is 0 Å². The molecule has 0 heterocycles. The van der Waals surface area contributed by atoms with Crippen molar-refractivity contribution in [3.63, 3.8) is 0 Å². The SMILES string of the molecule is CC/C=C\CC(O)/C=C/C=C\CCC(C)C/C=C\CC#CCCC(=O)O. The molecular formula is C23H34O3. The number of hydrogen-bond acceptors (Lipinski definition) is 2. The summed E-state index contributed by atoms with van der Waals surface area (Å²) < 4.78 is 0. The van der Waals surface area contributed by atoms with Gasteiger partial charge in [0.05, 0.1) is 12.5 Å². The molecule has 2 N–H and O–H groups in total. The molecule has 0 radical (unpaired) electrons. The highest BCUT2D eigenvalue weighted by molar-refractivity contribution is 5.66. The Morgan fingerprint density at radius 3 is 2.54 bits per heavy atom. The zero-order chi connectivity index (χ0) is 19.5. The first-order chi connectivity index (χ1) is 12.6. The third kappa shape index (κ3) is 18.3. The highest BCUT2D eigenvalue weighted by Gasteiger charge is 1.97. The van der Waals surface area contributed by atoms with Gasteiger partial charge in [-0.05, 0) is 38.0 Å². The Morgan fingerprint density at radius 1 is 1.04 bits per heavy atom. The van der Waals surface area contributed by atoms with Gasteiger partial charge >= 0.3 is 5.97 Å². The fraction of sp³-hybridized carbons (Fsp3) is 0.522. The predicted molar refractivity (Wildman–Crippen MR) is 110 cm³/mol. The van der Waals surface area contributed by atoms with E-state index in [4.69, 9.17) is 5.11 Å². The molecule has 26 heavy (non-hydrogen) atoms. The van der Waals surface area contributed by atoms with Crippen molar-refractivity contribution in [3.05, 3.63) is 48.6 Å². The van der Waals surface area contributed by atoms with Crippen molar-refractivity contribution in [1.29, 1.82) is 0 Å².